The van der Waals surface area contributed by atoms with Crippen LogP contribution in [0.4, 0.5) is 0 Å². The monoisotopic (exact) mass is 246 g/mol. The van der Waals surface area contributed by atoms with Crippen LogP contribution in [0.1, 0.15) is 37.7 Å². The summed E-state index contributed by atoms with van der Waals surface area (Å²) in [6.07, 6.45) is 5.10. The van der Waals surface area contributed by atoms with Crippen molar-refractivity contribution in [2.45, 2.75) is 44.1 Å². The van der Waals surface area contributed by atoms with Crippen molar-refractivity contribution in [3.63, 3.8) is 0 Å². The van der Waals surface area contributed by atoms with E-state index in [1.807, 2.05) is 30.3 Å². The number of hydrogen-bond acceptors (Lipinski definition) is 2. The van der Waals surface area contributed by atoms with E-state index in [2.05, 4.69) is 0 Å². The van der Waals surface area contributed by atoms with Crippen LogP contribution in [0, 0.1) is 0 Å². The van der Waals surface area contributed by atoms with Crippen molar-refractivity contribution in [2.75, 3.05) is 6.61 Å². The molecule has 0 spiro atoms. The van der Waals surface area contributed by atoms with Gasteiger partial charge in [0, 0.05) is 6.42 Å². The molecule has 1 N–H and O–H groups in total. The lowest BCUT2D eigenvalue weighted by Gasteiger charge is -2.29. The minimum Gasteiger partial charge on any atom is -0.464 e. The molecule has 1 saturated carbocycles. The molecule has 0 aromatic heterocycles. The maximum Gasteiger partial charge on any atom is 0.327 e. The lowest BCUT2D eigenvalue weighted by atomic mass is 9.83. The molecule has 0 atom stereocenters. The quantitative estimate of drug-likeness (QED) is 0.767. The highest BCUT2D eigenvalue weighted by Crippen LogP contribution is 2.28. The first-order chi connectivity index (χ1) is 8.71. The van der Waals surface area contributed by atoms with Gasteiger partial charge in [-0.05, 0) is 18.4 Å². The Bertz CT molecular complexity index is 383. The lowest BCUT2D eigenvalue weighted by Crippen LogP contribution is -2.43. The van der Waals surface area contributed by atoms with Gasteiger partial charge in [0.15, 0.2) is 0 Å². The molecule has 1 radical (unpaired) electrons. The number of carbonyl (C=O) groups is 1. The number of benzene rings is 1. The van der Waals surface area contributed by atoms with E-state index in [1.54, 1.807) is 0 Å². The fourth-order valence-corrected chi connectivity index (χ4v) is 2.40. The van der Waals surface area contributed by atoms with Crippen molar-refractivity contribution >= 4 is 5.97 Å². The van der Waals surface area contributed by atoms with Gasteiger partial charge in [0.25, 0.3) is 0 Å². The van der Waals surface area contributed by atoms with E-state index in [4.69, 9.17) is 10.5 Å². The van der Waals surface area contributed by atoms with Gasteiger partial charge in [0.1, 0.15) is 5.54 Å². The van der Waals surface area contributed by atoms with Crippen molar-refractivity contribution in [1.29, 1.82) is 0 Å². The number of nitrogens with one attached hydrogen (secondary N) is 1. The fraction of sp³-hybridized carbons (Fsp3) is 0.533. The molecule has 1 aromatic carbocycles. The second-order valence-electron chi connectivity index (χ2n) is 5.01. The third-order valence-corrected chi connectivity index (χ3v) is 3.56. The summed E-state index contributed by atoms with van der Waals surface area (Å²) in [5.74, 6) is -0.335. The highest BCUT2D eigenvalue weighted by atomic mass is 16.5. The van der Waals surface area contributed by atoms with E-state index in [-0.39, 0.29) is 5.97 Å². The summed E-state index contributed by atoms with van der Waals surface area (Å²) in [7, 11) is 0. The van der Waals surface area contributed by atoms with Gasteiger partial charge in [0.05, 0.1) is 6.61 Å². The summed E-state index contributed by atoms with van der Waals surface area (Å²) in [6.45, 7) is 0.378. The van der Waals surface area contributed by atoms with Gasteiger partial charge in [-0.3, -0.25) is 0 Å². The molecule has 0 saturated heterocycles. The molecule has 1 aromatic rings. The van der Waals surface area contributed by atoms with E-state index < -0.39 is 5.54 Å². The van der Waals surface area contributed by atoms with Crippen molar-refractivity contribution in [2.24, 2.45) is 0 Å². The van der Waals surface area contributed by atoms with Gasteiger partial charge < -0.3 is 4.74 Å². The van der Waals surface area contributed by atoms with Crippen LogP contribution >= 0.6 is 0 Å². The third kappa shape index (κ3) is 3.33. The SMILES string of the molecule is [NH]C1(C(=O)OCCc2ccccc2)CCCCC1. The van der Waals surface area contributed by atoms with Crippen molar-refractivity contribution < 1.29 is 9.53 Å². The molecule has 1 aliphatic carbocycles. The molecule has 0 unspecified atom stereocenters. The first kappa shape index (κ1) is 13.1. The molecule has 0 aliphatic heterocycles. The Morgan fingerprint density at radius 1 is 1.17 bits per heavy atom. The maximum absolute atomic E-state index is 11.9. The van der Waals surface area contributed by atoms with Gasteiger partial charge in [0.2, 0.25) is 0 Å². The molecule has 3 nitrogen and oxygen atoms in total. The number of carbonyl (C=O) groups excluding carboxylic acids is 1. The number of ether oxygens (including phenoxy) is 1. The molecule has 1 aliphatic rings. The van der Waals surface area contributed by atoms with E-state index in [9.17, 15) is 4.79 Å². The van der Waals surface area contributed by atoms with E-state index in [0.29, 0.717) is 19.4 Å². The first-order valence-corrected chi connectivity index (χ1v) is 6.67. The zero-order valence-corrected chi connectivity index (χ0v) is 10.7. The van der Waals surface area contributed by atoms with Gasteiger partial charge >= 0.3 is 5.97 Å². The average molecular weight is 246 g/mol. The maximum atomic E-state index is 11.9. The minimum atomic E-state index is -0.977. The predicted octanol–water partition coefficient (Wildman–Crippen LogP) is 2.76. The minimum absolute atomic E-state index is 0.335. The Labute approximate surface area is 108 Å². The zero-order valence-electron chi connectivity index (χ0n) is 10.7. The molecular weight excluding hydrogens is 226 g/mol. The summed E-state index contributed by atoms with van der Waals surface area (Å²) >= 11 is 0. The Hall–Kier alpha value is -1.35. The molecule has 1 fully saturated rings. The van der Waals surface area contributed by atoms with Gasteiger partial charge in [-0.25, -0.2) is 10.5 Å². The number of rotatable bonds is 4. The second kappa shape index (κ2) is 6.01. The first-order valence-electron chi connectivity index (χ1n) is 6.67. The van der Waals surface area contributed by atoms with Crippen LogP contribution in [0.5, 0.6) is 0 Å². The highest BCUT2D eigenvalue weighted by molar-refractivity contribution is 5.80. The van der Waals surface area contributed by atoms with Crippen LogP contribution in [0.3, 0.4) is 0 Å². The Kier molecular flexibility index (Phi) is 4.37. The largest absolute Gasteiger partial charge is 0.464 e. The van der Waals surface area contributed by atoms with E-state index in [1.165, 1.54) is 0 Å². The van der Waals surface area contributed by atoms with Crippen molar-refractivity contribution in [3.05, 3.63) is 35.9 Å². The molecule has 0 amide bonds. The molecule has 18 heavy (non-hydrogen) atoms. The summed E-state index contributed by atoms with van der Waals surface area (Å²) in [6, 6.07) is 9.96. The number of esters is 1. The van der Waals surface area contributed by atoms with Gasteiger partial charge in [-0.1, -0.05) is 49.6 Å². The van der Waals surface area contributed by atoms with Gasteiger partial charge in [-0.15, -0.1) is 0 Å². The second-order valence-corrected chi connectivity index (χ2v) is 5.01. The topological polar surface area (TPSA) is 50.1 Å². The Morgan fingerprint density at radius 3 is 2.50 bits per heavy atom. The molecule has 0 heterocycles. The highest BCUT2D eigenvalue weighted by Gasteiger charge is 2.37. The third-order valence-electron chi connectivity index (χ3n) is 3.56. The smallest absolute Gasteiger partial charge is 0.327 e. The summed E-state index contributed by atoms with van der Waals surface area (Å²) in [5, 5.41) is 0. The van der Waals surface area contributed by atoms with Crippen molar-refractivity contribution in [1.82, 2.24) is 5.73 Å². The fourth-order valence-electron chi connectivity index (χ4n) is 2.40. The standard InChI is InChI=1S/C15H20NO2/c16-15(10-5-2-6-11-15)14(17)18-12-9-13-7-3-1-4-8-13/h1,3-4,7-8,16H,2,5-6,9-12H2. The van der Waals surface area contributed by atoms with Gasteiger partial charge in [-0.2, -0.15) is 0 Å². The molecular formula is C15H20NO2. The van der Waals surface area contributed by atoms with Crippen LogP contribution in [-0.4, -0.2) is 18.1 Å². The predicted molar refractivity (Wildman–Crippen MR) is 70.0 cm³/mol. The van der Waals surface area contributed by atoms with Crippen LogP contribution in [-0.2, 0) is 16.0 Å². The molecule has 2 rings (SSSR count). The van der Waals surface area contributed by atoms with E-state index >= 15 is 0 Å². The van der Waals surface area contributed by atoms with Crippen LogP contribution in [0.2, 0.25) is 0 Å². The summed E-state index contributed by atoms with van der Waals surface area (Å²) < 4.78 is 5.26. The van der Waals surface area contributed by atoms with Crippen molar-refractivity contribution in [3.8, 4) is 0 Å². The van der Waals surface area contributed by atoms with Crippen LogP contribution in [0.25, 0.3) is 0 Å². The lowest BCUT2D eigenvalue weighted by molar-refractivity contribution is -0.151. The molecule has 0 bridgehead atoms. The zero-order chi connectivity index (χ0) is 12.8. The summed E-state index contributed by atoms with van der Waals surface area (Å²) in [5.41, 5.74) is 8.32. The van der Waals surface area contributed by atoms with Crippen LogP contribution < -0.4 is 5.73 Å². The Balaban J connectivity index is 1.78. The molecule has 3 heteroatoms. The molecule has 97 valence electrons. The Morgan fingerprint density at radius 2 is 1.83 bits per heavy atom. The van der Waals surface area contributed by atoms with E-state index in [0.717, 1.165) is 31.2 Å². The average Bonchev–Trinajstić information content (AvgIpc) is 2.41. The summed E-state index contributed by atoms with van der Waals surface area (Å²) in [4.78, 5) is 11.9. The van der Waals surface area contributed by atoms with Crippen LogP contribution in [0.15, 0.2) is 30.3 Å². The normalized spacial score (nSPS) is 18.3. The number of hydrogen-bond donors (Lipinski definition) is 0.